The molecular weight excluding hydrogens is 427 g/mol. The highest BCUT2D eigenvalue weighted by atomic mass is 32.2. The number of hydrogen-bond donors (Lipinski definition) is 0. The van der Waals surface area contributed by atoms with Gasteiger partial charge in [0.2, 0.25) is 0 Å². The van der Waals surface area contributed by atoms with Crippen molar-refractivity contribution in [3.05, 3.63) is 29.6 Å². The first-order chi connectivity index (χ1) is 14.9. The molecule has 0 bridgehead atoms. The number of likely N-dealkylation sites (tertiary alicyclic amines) is 1. The molecule has 1 fully saturated rings. The summed E-state index contributed by atoms with van der Waals surface area (Å²) < 4.78 is 31.3. The van der Waals surface area contributed by atoms with Gasteiger partial charge in [0, 0.05) is 25.1 Å². The topological polar surface area (TPSA) is 59.0 Å². The second kappa shape index (κ2) is 11.4. The van der Waals surface area contributed by atoms with Crippen molar-refractivity contribution in [1.29, 1.82) is 0 Å². The van der Waals surface area contributed by atoms with Gasteiger partial charge >= 0.3 is 6.09 Å². The number of benzene rings is 1. The number of piperidine rings is 1. The van der Waals surface area contributed by atoms with Gasteiger partial charge in [0.15, 0.2) is 0 Å². The van der Waals surface area contributed by atoms with E-state index in [2.05, 4.69) is 13.8 Å². The molecule has 1 aromatic carbocycles. The smallest absolute Gasteiger partial charge is 0.410 e. The summed E-state index contributed by atoms with van der Waals surface area (Å²) in [5.41, 5.74) is 1.46. The first-order valence-corrected chi connectivity index (χ1v) is 13.1. The zero-order chi connectivity index (χ0) is 24.1. The molecule has 7 heteroatoms. The maximum absolute atomic E-state index is 14.2. The van der Waals surface area contributed by atoms with E-state index in [1.165, 1.54) is 12.3 Å². The van der Waals surface area contributed by atoms with E-state index in [1.54, 1.807) is 6.07 Å². The third-order valence-electron chi connectivity index (χ3n) is 5.99. The fraction of sp³-hybridized carbons (Fsp3) is 0.680. The summed E-state index contributed by atoms with van der Waals surface area (Å²) in [5, 5.41) is 0. The summed E-state index contributed by atoms with van der Waals surface area (Å²) in [6, 6.07) is 4.71. The van der Waals surface area contributed by atoms with Crippen LogP contribution in [0.2, 0.25) is 0 Å². The summed E-state index contributed by atoms with van der Waals surface area (Å²) in [5.74, 6) is 0.438. The largest absolute Gasteiger partial charge is 0.444 e. The molecule has 3 atom stereocenters. The molecule has 1 amide bonds. The Balaban J connectivity index is 1.96. The Labute approximate surface area is 195 Å². The highest BCUT2D eigenvalue weighted by molar-refractivity contribution is 7.84. The first-order valence-electron chi connectivity index (χ1n) is 11.6. The minimum absolute atomic E-state index is 0.157. The summed E-state index contributed by atoms with van der Waals surface area (Å²) in [7, 11) is -1.34. The number of ether oxygens (including phenoxy) is 1. The third-order valence-corrected chi connectivity index (χ3v) is 6.94. The van der Waals surface area contributed by atoms with Gasteiger partial charge in [-0.15, -0.1) is 0 Å². The predicted molar refractivity (Wildman–Crippen MR) is 129 cm³/mol. The standard InChI is InChI=1S/C25H39FN2O3S/c1-8-22(27-18(3)20-9-10-23(32(7)30)21(26)16-20)17(2)15-19-11-13-28(14-12-19)24(29)31-25(4,5)6/h9-10,16-19H,8,11-15H2,1-7H3. The molecule has 1 aliphatic heterocycles. The molecule has 0 radical (unpaired) electrons. The van der Waals surface area contributed by atoms with Crippen molar-refractivity contribution in [1.82, 2.24) is 4.90 Å². The van der Waals surface area contributed by atoms with E-state index in [0.29, 0.717) is 11.8 Å². The lowest BCUT2D eigenvalue weighted by Crippen LogP contribution is -2.42. The fourth-order valence-corrected chi connectivity index (χ4v) is 4.81. The van der Waals surface area contributed by atoms with Crippen LogP contribution in [-0.2, 0) is 15.5 Å². The van der Waals surface area contributed by atoms with Crippen molar-refractivity contribution in [3.8, 4) is 0 Å². The Bertz CT molecular complexity index is 842. The Hall–Kier alpha value is -1.76. The van der Waals surface area contributed by atoms with E-state index >= 15 is 0 Å². The molecule has 180 valence electrons. The van der Waals surface area contributed by atoms with Crippen molar-refractivity contribution in [2.24, 2.45) is 16.8 Å². The monoisotopic (exact) mass is 466 g/mol. The number of rotatable bonds is 7. The molecular formula is C25H39FN2O3S. The number of carbonyl (C=O) groups excluding carboxylic acids is 1. The quantitative estimate of drug-likeness (QED) is 0.453. The van der Waals surface area contributed by atoms with Gasteiger partial charge in [-0.1, -0.05) is 19.9 Å². The Morgan fingerprint density at radius 2 is 1.91 bits per heavy atom. The van der Waals surface area contributed by atoms with Crippen LogP contribution in [0, 0.1) is 17.7 Å². The maximum atomic E-state index is 14.2. The maximum Gasteiger partial charge on any atom is 0.410 e. The van der Waals surface area contributed by atoms with Crippen LogP contribution in [0.1, 0.15) is 78.8 Å². The predicted octanol–water partition coefficient (Wildman–Crippen LogP) is 6.15. The molecule has 0 aliphatic carbocycles. The van der Waals surface area contributed by atoms with E-state index in [-0.39, 0.29) is 17.0 Å². The van der Waals surface area contributed by atoms with E-state index < -0.39 is 22.2 Å². The number of carbonyl (C=O) groups is 1. The molecule has 0 N–H and O–H groups in total. The van der Waals surface area contributed by atoms with Gasteiger partial charge in [0.05, 0.1) is 21.7 Å². The van der Waals surface area contributed by atoms with Crippen LogP contribution >= 0.6 is 0 Å². The molecule has 1 heterocycles. The van der Waals surface area contributed by atoms with Gasteiger partial charge in [0.25, 0.3) is 0 Å². The molecule has 5 nitrogen and oxygen atoms in total. The van der Waals surface area contributed by atoms with E-state index in [9.17, 15) is 13.4 Å². The SMILES string of the molecule is CCC(=NC(C)c1ccc(S(C)=O)c(F)c1)C(C)CC1CCN(C(=O)OC(C)(C)C)CC1. The van der Waals surface area contributed by atoms with Crippen molar-refractivity contribution < 1.29 is 18.1 Å². The average molecular weight is 467 g/mol. The summed E-state index contributed by atoms with van der Waals surface area (Å²) in [4.78, 5) is 19.2. The van der Waals surface area contributed by atoms with Gasteiger partial charge in [0.1, 0.15) is 11.4 Å². The van der Waals surface area contributed by atoms with Crippen molar-refractivity contribution in [2.75, 3.05) is 19.3 Å². The van der Waals surface area contributed by atoms with Gasteiger partial charge in [-0.2, -0.15) is 0 Å². The molecule has 3 unspecified atom stereocenters. The van der Waals surface area contributed by atoms with Crippen molar-refractivity contribution >= 4 is 22.6 Å². The lowest BCUT2D eigenvalue weighted by Gasteiger charge is -2.34. The molecule has 32 heavy (non-hydrogen) atoms. The lowest BCUT2D eigenvalue weighted by atomic mass is 9.85. The molecule has 0 saturated carbocycles. The first kappa shape index (κ1) is 26.5. The zero-order valence-corrected chi connectivity index (χ0v) is 21.4. The van der Waals surface area contributed by atoms with Gasteiger partial charge in [-0.25, -0.2) is 9.18 Å². The summed E-state index contributed by atoms with van der Waals surface area (Å²) >= 11 is 0. The van der Waals surface area contributed by atoms with Crippen molar-refractivity contribution in [3.63, 3.8) is 0 Å². The summed E-state index contributed by atoms with van der Waals surface area (Å²) in [6.07, 6.45) is 5.08. The molecule has 2 rings (SSSR count). The van der Waals surface area contributed by atoms with E-state index in [4.69, 9.17) is 9.73 Å². The number of nitrogens with zero attached hydrogens (tertiary/aromatic N) is 2. The Morgan fingerprint density at radius 3 is 2.41 bits per heavy atom. The van der Waals surface area contributed by atoms with Crippen LogP contribution in [0.3, 0.4) is 0 Å². The van der Waals surface area contributed by atoms with Crippen molar-refractivity contribution in [2.45, 2.75) is 83.8 Å². The van der Waals surface area contributed by atoms with Crippen LogP contribution in [0.25, 0.3) is 0 Å². The number of aliphatic imine (C=N–C) groups is 1. The Kier molecular flexibility index (Phi) is 9.43. The number of amides is 1. The second-order valence-corrected chi connectivity index (χ2v) is 11.2. The molecule has 1 saturated heterocycles. The minimum atomic E-state index is -1.34. The van der Waals surface area contributed by atoms with E-state index in [0.717, 1.165) is 50.0 Å². The van der Waals surface area contributed by atoms with E-state index in [1.807, 2.05) is 38.7 Å². The lowest BCUT2D eigenvalue weighted by molar-refractivity contribution is 0.0179. The fourth-order valence-electron chi connectivity index (χ4n) is 4.21. The average Bonchev–Trinajstić information content (AvgIpc) is 2.70. The third kappa shape index (κ3) is 7.68. The second-order valence-electron chi connectivity index (χ2n) is 9.84. The molecule has 1 aliphatic rings. The molecule has 0 spiro atoms. The van der Waals surface area contributed by atoms with Gasteiger partial charge in [-0.05, 0) is 82.9 Å². The van der Waals surface area contributed by atoms with Crippen LogP contribution in [0.15, 0.2) is 28.1 Å². The normalized spacial score (nSPS) is 18.9. The highest BCUT2D eigenvalue weighted by Gasteiger charge is 2.28. The van der Waals surface area contributed by atoms with Crippen LogP contribution < -0.4 is 0 Å². The van der Waals surface area contributed by atoms with Crippen LogP contribution in [0.4, 0.5) is 9.18 Å². The highest BCUT2D eigenvalue weighted by Crippen LogP contribution is 2.28. The number of hydrogen-bond acceptors (Lipinski definition) is 4. The molecule has 0 aromatic heterocycles. The Morgan fingerprint density at radius 1 is 1.28 bits per heavy atom. The summed E-state index contributed by atoms with van der Waals surface area (Å²) in [6.45, 7) is 13.4. The zero-order valence-electron chi connectivity index (χ0n) is 20.6. The van der Waals surface area contributed by atoms with Crippen LogP contribution in [0.5, 0.6) is 0 Å². The minimum Gasteiger partial charge on any atom is -0.444 e. The van der Waals surface area contributed by atoms with Gasteiger partial charge in [-0.3, -0.25) is 9.20 Å². The number of halogens is 1. The van der Waals surface area contributed by atoms with Gasteiger partial charge < -0.3 is 9.64 Å². The van der Waals surface area contributed by atoms with Crippen LogP contribution in [-0.4, -0.2) is 45.9 Å². The molecule has 1 aromatic rings.